The summed E-state index contributed by atoms with van der Waals surface area (Å²) in [6.07, 6.45) is 10.3. The summed E-state index contributed by atoms with van der Waals surface area (Å²) < 4.78 is 11.5. The Labute approximate surface area is 180 Å². The quantitative estimate of drug-likeness (QED) is 0.514. The summed E-state index contributed by atoms with van der Waals surface area (Å²) >= 11 is 0. The smallest absolute Gasteiger partial charge is 0.315 e. The molecular formula is C25H36O5. The van der Waals surface area contributed by atoms with Crippen molar-refractivity contribution >= 4 is 11.9 Å². The van der Waals surface area contributed by atoms with E-state index in [9.17, 15) is 14.7 Å². The van der Waals surface area contributed by atoms with Gasteiger partial charge in [-0.3, -0.25) is 9.59 Å². The lowest BCUT2D eigenvalue weighted by Gasteiger charge is -2.44. The van der Waals surface area contributed by atoms with Crippen molar-refractivity contribution in [2.75, 3.05) is 0 Å². The maximum atomic E-state index is 12.8. The number of allylic oxidation sites excluding steroid dienone is 3. The third-order valence-electron chi connectivity index (χ3n) is 6.95. The molecule has 166 valence electrons. The van der Waals surface area contributed by atoms with Gasteiger partial charge >= 0.3 is 11.9 Å². The molecule has 1 saturated heterocycles. The Morgan fingerprint density at radius 2 is 2.07 bits per heavy atom. The highest BCUT2D eigenvalue weighted by Crippen LogP contribution is 2.45. The number of esters is 2. The van der Waals surface area contributed by atoms with Gasteiger partial charge in [0.05, 0.1) is 17.9 Å². The van der Waals surface area contributed by atoms with Crippen molar-refractivity contribution in [3.63, 3.8) is 0 Å². The molecule has 0 aromatic rings. The molecule has 0 radical (unpaired) electrons. The van der Waals surface area contributed by atoms with Crippen molar-refractivity contribution in [3.8, 4) is 0 Å². The normalized spacial score (nSPS) is 36.4. The van der Waals surface area contributed by atoms with Crippen molar-refractivity contribution in [2.24, 2.45) is 29.1 Å². The molecule has 5 heteroatoms. The van der Waals surface area contributed by atoms with Crippen molar-refractivity contribution in [3.05, 3.63) is 36.5 Å². The number of aliphatic hydroxyl groups is 1. The van der Waals surface area contributed by atoms with E-state index in [1.165, 1.54) is 5.57 Å². The number of cyclic esters (lactones) is 1. The van der Waals surface area contributed by atoms with Crippen LogP contribution in [0.25, 0.3) is 0 Å². The molecule has 1 aliphatic heterocycles. The summed E-state index contributed by atoms with van der Waals surface area (Å²) in [4.78, 5) is 24.5. The van der Waals surface area contributed by atoms with E-state index in [0.717, 1.165) is 12.8 Å². The standard InChI is InChI=1S/C25H36O5/c1-6-25(4,5)24(28)30-21-12-15(2)11-17-8-7-16(3)20(23(17)21)10-9-19-13-18(26)14-22(27)29-19/h6-8,11,15-16,18-21,23,26H,1,9-10,12-14H2,2-5H3/t15-,16-,18+,19+,20-,21-,23-/m0/s1. The number of hydrogen-bond acceptors (Lipinski definition) is 5. The summed E-state index contributed by atoms with van der Waals surface area (Å²) in [5.74, 6) is 0.542. The van der Waals surface area contributed by atoms with E-state index in [1.807, 2.05) is 13.8 Å². The number of ether oxygens (including phenoxy) is 2. The molecule has 1 fully saturated rings. The van der Waals surface area contributed by atoms with Crippen LogP contribution in [-0.2, 0) is 19.1 Å². The topological polar surface area (TPSA) is 72.8 Å². The van der Waals surface area contributed by atoms with Gasteiger partial charge in [-0.1, -0.05) is 38.2 Å². The summed E-state index contributed by atoms with van der Waals surface area (Å²) in [7, 11) is 0. The minimum Gasteiger partial charge on any atom is -0.462 e. The minimum absolute atomic E-state index is 0.0869. The first-order chi connectivity index (χ1) is 14.1. The predicted molar refractivity (Wildman–Crippen MR) is 115 cm³/mol. The first kappa shape index (κ1) is 22.8. The van der Waals surface area contributed by atoms with Crippen LogP contribution in [0.4, 0.5) is 0 Å². The molecule has 0 spiro atoms. The lowest BCUT2D eigenvalue weighted by molar-refractivity contribution is -0.163. The zero-order chi connectivity index (χ0) is 22.1. The second-order valence-corrected chi connectivity index (χ2v) is 9.94. The Balaban J connectivity index is 1.77. The van der Waals surface area contributed by atoms with Crippen LogP contribution in [0.3, 0.4) is 0 Å². The third-order valence-corrected chi connectivity index (χ3v) is 6.95. The second-order valence-electron chi connectivity index (χ2n) is 9.94. The molecule has 5 nitrogen and oxygen atoms in total. The van der Waals surface area contributed by atoms with Gasteiger partial charge in [-0.15, -0.1) is 6.58 Å². The first-order valence-electron chi connectivity index (χ1n) is 11.2. The maximum Gasteiger partial charge on any atom is 0.315 e. The first-order valence-corrected chi connectivity index (χ1v) is 11.2. The number of carbonyl (C=O) groups excluding carboxylic acids is 2. The molecule has 0 aromatic heterocycles. The van der Waals surface area contributed by atoms with Crippen LogP contribution in [0, 0.1) is 29.1 Å². The monoisotopic (exact) mass is 416 g/mol. The Bertz CT molecular complexity index is 734. The van der Waals surface area contributed by atoms with Crippen LogP contribution in [-0.4, -0.2) is 35.4 Å². The molecule has 2 aliphatic carbocycles. The molecule has 0 amide bonds. The third kappa shape index (κ3) is 5.05. The number of carbonyl (C=O) groups is 2. The summed E-state index contributed by atoms with van der Waals surface area (Å²) in [6, 6.07) is 0. The molecule has 1 heterocycles. The molecule has 0 unspecified atom stereocenters. The number of aliphatic hydroxyl groups excluding tert-OH is 1. The predicted octanol–water partition coefficient (Wildman–Crippen LogP) is 4.36. The molecule has 30 heavy (non-hydrogen) atoms. The maximum absolute atomic E-state index is 12.8. The molecule has 3 aliphatic rings. The van der Waals surface area contributed by atoms with E-state index in [0.29, 0.717) is 24.7 Å². The number of rotatable bonds is 6. The number of fused-ring (bicyclic) bond motifs is 1. The van der Waals surface area contributed by atoms with E-state index in [1.54, 1.807) is 6.08 Å². The average molecular weight is 417 g/mol. The fourth-order valence-electron chi connectivity index (χ4n) is 5.01. The SMILES string of the molecule is C=CC(C)(C)C(=O)O[C@H]1C[C@@H](C)C=C2C=C[C@H](C)[C@H](CC[C@@H]3C[C@@H](O)CC(=O)O3)[C@H]21. The highest BCUT2D eigenvalue weighted by molar-refractivity contribution is 5.78. The Morgan fingerprint density at radius 3 is 2.73 bits per heavy atom. The zero-order valence-electron chi connectivity index (χ0n) is 18.7. The van der Waals surface area contributed by atoms with Crippen LogP contribution in [0.2, 0.25) is 0 Å². The van der Waals surface area contributed by atoms with Gasteiger partial charge in [0, 0.05) is 12.3 Å². The minimum atomic E-state index is -0.720. The molecule has 0 saturated carbocycles. The van der Waals surface area contributed by atoms with E-state index in [2.05, 4.69) is 38.7 Å². The van der Waals surface area contributed by atoms with Crippen LogP contribution < -0.4 is 0 Å². The Hall–Kier alpha value is -1.88. The Kier molecular flexibility index (Phi) is 6.91. The van der Waals surface area contributed by atoms with Gasteiger partial charge in [0.25, 0.3) is 0 Å². The highest BCUT2D eigenvalue weighted by atomic mass is 16.6. The zero-order valence-corrected chi connectivity index (χ0v) is 18.7. The fourth-order valence-corrected chi connectivity index (χ4v) is 5.01. The molecule has 0 bridgehead atoms. The van der Waals surface area contributed by atoms with Crippen LogP contribution in [0.5, 0.6) is 0 Å². The second kappa shape index (κ2) is 9.09. The average Bonchev–Trinajstić information content (AvgIpc) is 2.66. The van der Waals surface area contributed by atoms with E-state index in [-0.39, 0.29) is 42.4 Å². The fraction of sp³-hybridized carbons (Fsp3) is 0.680. The van der Waals surface area contributed by atoms with Crippen molar-refractivity contribution in [2.45, 2.75) is 78.1 Å². The molecular weight excluding hydrogens is 380 g/mol. The van der Waals surface area contributed by atoms with Crippen molar-refractivity contribution in [1.82, 2.24) is 0 Å². The Morgan fingerprint density at radius 1 is 1.33 bits per heavy atom. The van der Waals surface area contributed by atoms with Gasteiger partial charge in [-0.25, -0.2) is 0 Å². The summed E-state index contributed by atoms with van der Waals surface area (Å²) in [6.45, 7) is 11.8. The number of hydrogen-bond donors (Lipinski definition) is 1. The van der Waals surface area contributed by atoms with Gasteiger partial charge in [0.2, 0.25) is 0 Å². The largest absolute Gasteiger partial charge is 0.462 e. The van der Waals surface area contributed by atoms with E-state index in [4.69, 9.17) is 9.47 Å². The van der Waals surface area contributed by atoms with Gasteiger partial charge < -0.3 is 14.6 Å². The highest BCUT2D eigenvalue weighted by Gasteiger charge is 2.43. The van der Waals surface area contributed by atoms with E-state index >= 15 is 0 Å². The van der Waals surface area contributed by atoms with Crippen molar-refractivity contribution in [1.29, 1.82) is 0 Å². The van der Waals surface area contributed by atoms with Crippen molar-refractivity contribution < 1.29 is 24.2 Å². The lowest BCUT2D eigenvalue weighted by atomic mass is 9.65. The molecule has 7 atom stereocenters. The molecule has 0 aromatic carbocycles. The van der Waals surface area contributed by atoms with Gasteiger partial charge in [0.15, 0.2) is 0 Å². The summed E-state index contributed by atoms with van der Waals surface area (Å²) in [5, 5.41) is 9.91. The van der Waals surface area contributed by atoms with Crippen LogP contribution in [0.1, 0.15) is 59.8 Å². The van der Waals surface area contributed by atoms with E-state index < -0.39 is 11.5 Å². The molecule has 1 N–H and O–H groups in total. The van der Waals surface area contributed by atoms with Crippen LogP contribution >= 0.6 is 0 Å². The molecule has 3 rings (SSSR count). The van der Waals surface area contributed by atoms with Gasteiger partial charge in [0.1, 0.15) is 12.2 Å². The summed E-state index contributed by atoms with van der Waals surface area (Å²) in [5.41, 5.74) is 0.523. The van der Waals surface area contributed by atoms with Gasteiger partial charge in [-0.2, -0.15) is 0 Å². The van der Waals surface area contributed by atoms with Crippen LogP contribution in [0.15, 0.2) is 36.5 Å². The van der Waals surface area contributed by atoms with Gasteiger partial charge in [-0.05, 0) is 56.4 Å². The lowest BCUT2D eigenvalue weighted by Crippen LogP contribution is -2.43.